The molecule has 1 aliphatic heterocycles. The molecule has 1 heterocycles. The van der Waals surface area contributed by atoms with Crippen LogP contribution in [-0.2, 0) is 0 Å². The lowest BCUT2D eigenvalue weighted by Crippen LogP contribution is -2.39. The van der Waals surface area contributed by atoms with Gasteiger partial charge in [0.1, 0.15) is 0 Å². The normalized spacial score (nSPS) is 16.8. The lowest BCUT2D eigenvalue weighted by atomic mass is 10.0. The molecule has 0 atom stereocenters. The smallest absolute Gasteiger partial charge is 0.0992 e. The number of hydrogen-bond acceptors (Lipinski definition) is 3. The maximum absolute atomic E-state index is 8.86. The summed E-state index contributed by atoms with van der Waals surface area (Å²) in [6, 6.07) is 10.3. The van der Waals surface area contributed by atoms with Crippen LogP contribution in [0.4, 0.5) is 5.69 Å². The SMILES string of the molecule is C#CCN1CCC(Nc2cccc(C#N)c2)CC1. The number of rotatable bonds is 3. The number of anilines is 1. The van der Waals surface area contributed by atoms with Gasteiger partial charge in [0.2, 0.25) is 0 Å². The van der Waals surface area contributed by atoms with E-state index in [1.54, 1.807) is 0 Å². The van der Waals surface area contributed by atoms with Gasteiger partial charge in [-0.3, -0.25) is 4.90 Å². The van der Waals surface area contributed by atoms with Crippen molar-refractivity contribution in [2.75, 3.05) is 25.0 Å². The summed E-state index contributed by atoms with van der Waals surface area (Å²) >= 11 is 0. The molecule has 18 heavy (non-hydrogen) atoms. The Labute approximate surface area is 108 Å². The first-order valence-electron chi connectivity index (χ1n) is 6.24. The second-order valence-electron chi connectivity index (χ2n) is 4.59. The van der Waals surface area contributed by atoms with E-state index in [1.165, 1.54) is 0 Å². The number of nitriles is 1. The third kappa shape index (κ3) is 3.26. The first-order chi connectivity index (χ1) is 8.81. The fraction of sp³-hybridized carbons (Fsp3) is 0.400. The molecule has 3 heteroatoms. The van der Waals surface area contributed by atoms with Gasteiger partial charge in [-0.15, -0.1) is 6.42 Å². The van der Waals surface area contributed by atoms with Crippen molar-refractivity contribution < 1.29 is 0 Å². The van der Waals surface area contributed by atoms with E-state index < -0.39 is 0 Å². The Balaban J connectivity index is 1.88. The lowest BCUT2D eigenvalue weighted by Gasteiger charge is -2.31. The van der Waals surface area contributed by atoms with E-state index in [9.17, 15) is 0 Å². The first-order valence-corrected chi connectivity index (χ1v) is 6.24. The molecule has 1 saturated heterocycles. The second kappa shape index (κ2) is 6.10. The van der Waals surface area contributed by atoms with Crippen LogP contribution in [0.1, 0.15) is 18.4 Å². The largest absolute Gasteiger partial charge is 0.382 e. The molecule has 2 rings (SSSR count). The third-order valence-electron chi connectivity index (χ3n) is 3.26. The molecule has 0 unspecified atom stereocenters. The Kier molecular flexibility index (Phi) is 4.23. The van der Waals surface area contributed by atoms with Gasteiger partial charge in [-0.25, -0.2) is 0 Å². The van der Waals surface area contributed by atoms with Crippen LogP contribution in [0, 0.1) is 23.7 Å². The van der Waals surface area contributed by atoms with Crippen molar-refractivity contribution in [2.24, 2.45) is 0 Å². The molecule has 0 spiro atoms. The van der Waals surface area contributed by atoms with Crippen LogP contribution < -0.4 is 5.32 Å². The monoisotopic (exact) mass is 239 g/mol. The van der Waals surface area contributed by atoms with E-state index in [-0.39, 0.29) is 0 Å². The van der Waals surface area contributed by atoms with Crippen molar-refractivity contribution in [1.29, 1.82) is 5.26 Å². The Bertz CT molecular complexity index is 473. The molecule has 0 aromatic heterocycles. The molecule has 1 fully saturated rings. The zero-order valence-corrected chi connectivity index (χ0v) is 10.4. The molecule has 3 nitrogen and oxygen atoms in total. The minimum absolute atomic E-state index is 0.480. The number of nitrogens with one attached hydrogen (secondary N) is 1. The maximum Gasteiger partial charge on any atom is 0.0992 e. The molecule has 1 aromatic carbocycles. The van der Waals surface area contributed by atoms with Crippen LogP contribution in [0.15, 0.2) is 24.3 Å². The van der Waals surface area contributed by atoms with Gasteiger partial charge in [0.25, 0.3) is 0 Å². The standard InChI is InChI=1S/C15H17N3/c1-2-8-18-9-6-14(7-10-18)17-15-5-3-4-13(11-15)12-16/h1,3-5,11,14,17H,6-10H2. The molecule has 1 aromatic rings. The van der Waals surface area contributed by atoms with Crippen LogP contribution in [0.2, 0.25) is 0 Å². The summed E-state index contributed by atoms with van der Waals surface area (Å²) in [5.74, 6) is 2.69. The summed E-state index contributed by atoms with van der Waals surface area (Å²) < 4.78 is 0. The highest BCUT2D eigenvalue weighted by Crippen LogP contribution is 2.17. The Morgan fingerprint density at radius 2 is 2.17 bits per heavy atom. The van der Waals surface area contributed by atoms with Gasteiger partial charge in [0.05, 0.1) is 18.2 Å². The van der Waals surface area contributed by atoms with Crippen molar-refractivity contribution >= 4 is 5.69 Å². The van der Waals surface area contributed by atoms with Crippen LogP contribution >= 0.6 is 0 Å². The van der Waals surface area contributed by atoms with Crippen molar-refractivity contribution in [2.45, 2.75) is 18.9 Å². The molecule has 1 aliphatic rings. The van der Waals surface area contributed by atoms with Crippen molar-refractivity contribution in [3.63, 3.8) is 0 Å². The minimum Gasteiger partial charge on any atom is -0.382 e. The van der Waals surface area contributed by atoms with Crippen molar-refractivity contribution in [1.82, 2.24) is 4.90 Å². The molecule has 92 valence electrons. The van der Waals surface area contributed by atoms with Crippen LogP contribution in [0.3, 0.4) is 0 Å². The fourth-order valence-corrected chi connectivity index (χ4v) is 2.28. The summed E-state index contributed by atoms with van der Waals surface area (Å²) in [4.78, 5) is 2.30. The van der Waals surface area contributed by atoms with E-state index in [0.29, 0.717) is 11.6 Å². The van der Waals surface area contributed by atoms with E-state index in [4.69, 9.17) is 11.7 Å². The van der Waals surface area contributed by atoms with E-state index >= 15 is 0 Å². The quantitative estimate of drug-likeness (QED) is 0.821. The molecule has 0 amide bonds. The summed E-state index contributed by atoms with van der Waals surface area (Å²) in [6.45, 7) is 2.83. The van der Waals surface area contributed by atoms with Gasteiger partial charge in [0, 0.05) is 24.8 Å². The molecule has 0 saturated carbocycles. The predicted octanol–water partition coefficient (Wildman–Crippen LogP) is 2.07. The maximum atomic E-state index is 8.86. The second-order valence-corrected chi connectivity index (χ2v) is 4.59. The van der Waals surface area contributed by atoms with E-state index in [2.05, 4.69) is 22.2 Å². The topological polar surface area (TPSA) is 39.1 Å². The molecule has 0 aliphatic carbocycles. The van der Waals surface area contributed by atoms with Gasteiger partial charge >= 0.3 is 0 Å². The molecule has 0 radical (unpaired) electrons. The summed E-state index contributed by atoms with van der Waals surface area (Å²) in [5.41, 5.74) is 1.73. The highest BCUT2D eigenvalue weighted by Gasteiger charge is 2.18. The zero-order chi connectivity index (χ0) is 12.8. The van der Waals surface area contributed by atoms with Gasteiger partial charge < -0.3 is 5.32 Å². The Morgan fingerprint density at radius 1 is 1.39 bits per heavy atom. The first kappa shape index (κ1) is 12.5. The summed E-state index contributed by atoms with van der Waals surface area (Å²) in [5, 5.41) is 12.3. The predicted molar refractivity (Wildman–Crippen MR) is 73.1 cm³/mol. The number of nitrogens with zero attached hydrogens (tertiary/aromatic N) is 2. The van der Waals surface area contributed by atoms with Crippen molar-refractivity contribution in [3.8, 4) is 18.4 Å². The summed E-state index contributed by atoms with van der Waals surface area (Å²) in [6.07, 6.45) is 7.50. The molecular weight excluding hydrogens is 222 g/mol. The number of hydrogen-bond donors (Lipinski definition) is 1. The third-order valence-corrected chi connectivity index (χ3v) is 3.26. The molecule has 1 N–H and O–H groups in total. The summed E-state index contributed by atoms with van der Waals surface area (Å²) in [7, 11) is 0. The number of benzene rings is 1. The fourth-order valence-electron chi connectivity index (χ4n) is 2.28. The number of piperidine rings is 1. The van der Waals surface area contributed by atoms with Crippen LogP contribution in [-0.4, -0.2) is 30.6 Å². The lowest BCUT2D eigenvalue weighted by molar-refractivity contribution is 0.243. The molecule has 0 bridgehead atoms. The van der Waals surface area contributed by atoms with Crippen LogP contribution in [0.5, 0.6) is 0 Å². The van der Waals surface area contributed by atoms with Gasteiger partial charge in [0.15, 0.2) is 0 Å². The molecular formula is C15H17N3. The Hall–Kier alpha value is -1.97. The van der Waals surface area contributed by atoms with E-state index in [0.717, 1.165) is 38.2 Å². The average Bonchev–Trinajstić information content (AvgIpc) is 2.42. The van der Waals surface area contributed by atoms with Crippen LogP contribution in [0.25, 0.3) is 0 Å². The number of terminal acetylenes is 1. The van der Waals surface area contributed by atoms with Gasteiger partial charge in [-0.2, -0.15) is 5.26 Å². The van der Waals surface area contributed by atoms with Gasteiger partial charge in [-0.05, 0) is 31.0 Å². The average molecular weight is 239 g/mol. The minimum atomic E-state index is 0.480. The highest BCUT2D eigenvalue weighted by molar-refractivity contribution is 5.49. The highest BCUT2D eigenvalue weighted by atomic mass is 15.1. The Morgan fingerprint density at radius 3 is 2.83 bits per heavy atom. The van der Waals surface area contributed by atoms with Gasteiger partial charge in [-0.1, -0.05) is 12.0 Å². The zero-order valence-electron chi connectivity index (χ0n) is 10.4. The number of likely N-dealkylation sites (tertiary alicyclic amines) is 1. The van der Waals surface area contributed by atoms with Crippen molar-refractivity contribution in [3.05, 3.63) is 29.8 Å². The van der Waals surface area contributed by atoms with E-state index in [1.807, 2.05) is 24.3 Å².